The minimum absolute atomic E-state index is 0.0681. The van der Waals surface area contributed by atoms with Gasteiger partial charge in [0, 0.05) is 43.1 Å². The van der Waals surface area contributed by atoms with Gasteiger partial charge in [-0.15, -0.1) is 0 Å². The maximum atomic E-state index is 13.7. The molecule has 0 aliphatic rings. The molecule has 1 amide bonds. The second-order valence-electron chi connectivity index (χ2n) is 10.9. The Morgan fingerprint density at radius 3 is 2.44 bits per heavy atom. The van der Waals surface area contributed by atoms with E-state index in [-0.39, 0.29) is 37.0 Å². The molecule has 41 heavy (non-hydrogen) atoms. The van der Waals surface area contributed by atoms with E-state index in [4.69, 9.17) is 17.5 Å². The van der Waals surface area contributed by atoms with Crippen molar-refractivity contribution in [2.75, 3.05) is 6.54 Å². The van der Waals surface area contributed by atoms with E-state index < -0.39 is 17.3 Å². The smallest absolute Gasteiger partial charge is 0.358 e. The highest BCUT2D eigenvalue weighted by molar-refractivity contribution is 7.80. The van der Waals surface area contributed by atoms with Crippen LogP contribution < -0.4 is 10.6 Å². The molecule has 1 atom stereocenters. The van der Waals surface area contributed by atoms with Crippen LogP contribution in [0.25, 0.3) is 0 Å². The van der Waals surface area contributed by atoms with Gasteiger partial charge >= 0.3 is 6.18 Å². The molecule has 2 N–H and O–H groups in total. The minimum atomic E-state index is -4.50. The van der Waals surface area contributed by atoms with Crippen molar-refractivity contribution in [3.05, 3.63) is 89.0 Å². The maximum Gasteiger partial charge on any atom is 0.416 e. The van der Waals surface area contributed by atoms with Crippen LogP contribution in [0, 0.1) is 11.3 Å². The average molecular weight is 585 g/mol. The molecule has 218 valence electrons. The number of nitrogens with zero attached hydrogens (tertiary/aromatic N) is 4. The third-order valence-electron chi connectivity index (χ3n) is 6.33. The number of nitrogens with one attached hydrogen (secondary N) is 2. The van der Waals surface area contributed by atoms with Crippen LogP contribution in [0.15, 0.2) is 61.1 Å². The summed E-state index contributed by atoms with van der Waals surface area (Å²) in [6.07, 6.45) is -0.595. The Morgan fingerprint density at radius 2 is 1.83 bits per heavy atom. The molecule has 0 saturated carbocycles. The van der Waals surface area contributed by atoms with E-state index in [1.54, 1.807) is 35.6 Å². The highest BCUT2D eigenvalue weighted by Crippen LogP contribution is 2.32. The lowest BCUT2D eigenvalue weighted by Crippen LogP contribution is -2.52. The Labute approximate surface area is 244 Å². The summed E-state index contributed by atoms with van der Waals surface area (Å²) in [5, 5.41) is 15.5. The van der Waals surface area contributed by atoms with Crippen LogP contribution in [0.2, 0.25) is 0 Å². The van der Waals surface area contributed by atoms with Crippen LogP contribution in [0.1, 0.15) is 62.1 Å². The van der Waals surface area contributed by atoms with Gasteiger partial charge in [-0.2, -0.15) is 18.4 Å². The molecule has 0 fully saturated rings. The van der Waals surface area contributed by atoms with E-state index in [1.807, 2.05) is 44.4 Å². The van der Waals surface area contributed by atoms with Gasteiger partial charge in [-0.1, -0.05) is 37.3 Å². The van der Waals surface area contributed by atoms with Crippen molar-refractivity contribution in [3.8, 4) is 6.07 Å². The molecule has 0 saturated heterocycles. The van der Waals surface area contributed by atoms with Gasteiger partial charge in [0.25, 0.3) is 0 Å². The Balaban J connectivity index is 1.73. The molecular weight excluding hydrogens is 549 g/mol. The average Bonchev–Trinajstić information content (AvgIpc) is 3.32. The fraction of sp³-hybridized carbons (Fsp3) is 0.400. The molecule has 1 heterocycles. The molecule has 0 radical (unpaired) electrons. The third kappa shape index (κ3) is 9.60. The van der Waals surface area contributed by atoms with Gasteiger partial charge in [0.1, 0.15) is 0 Å². The Morgan fingerprint density at radius 1 is 1.15 bits per heavy atom. The zero-order chi connectivity index (χ0) is 30.2. The standard InChI is InChI=1S/C30H35F3N6OS/c1-5-24(36-27(40)14-25-16-35-20-39(25)17-22-12-10-21(15-34)11-13-22)19-38(28(41)37-29(2,3)4)18-23-8-6-7-9-26(23)30(31,32)33/h6-13,16,20,24H,5,14,17-19H2,1-4H3,(H,36,40)(H,37,41)/t24-/m0/s1. The summed E-state index contributed by atoms with van der Waals surface area (Å²) in [5.74, 6) is -0.233. The summed E-state index contributed by atoms with van der Waals surface area (Å²) < 4.78 is 43.0. The predicted octanol–water partition coefficient (Wildman–Crippen LogP) is 5.43. The number of benzene rings is 2. The number of hydrogen-bond donors (Lipinski definition) is 2. The molecule has 3 rings (SSSR count). The zero-order valence-electron chi connectivity index (χ0n) is 23.6. The topological polar surface area (TPSA) is 86.0 Å². The van der Waals surface area contributed by atoms with E-state index in [0.29, 0.717) is 29.3 Å². The fourth-order valence-electron chi connectivity index (χ4n) is 4.26. The third-order valence-corrected chi connectivity index (χ3v) is 6.69. The van der Waals surface area contributed by atoms with E-state index >= 15 is 0 Å². The Hall–Kier alpha value is -3.91. The highest BCUT2D eigenvalue weighted by Gasteiger charge is 2.34. The quantitative estimate of drug-likeness (QED) is 0.309. The first kappa shape index (κ1) is 31.6. The van der Waals surface area contributed by atoms with Gasteiger partial charge in [0.05, 0.1) is 29.9 Å². The SMILES string of the molecule is CC[C@@H](CN(Cc1ccccc1C(F)(F)F)C(=S)NC(C)(C)C)NC(=O)Cc1cncn1Cc1ccc(C#N)cc1. The van der Waals surface area contributed by atoms with E-state index in [9.17, 15) is 18.0 Å². The van der Waals surface area contributed by atoms with Crippen molar-refractivity contribution >= 4 is 23.2 Å². The van der Waals surface area contributed by atoms with E-state index in [2.05, 4.69) is 21.7 Å². The first-order valence-corrected chi connectivity index (χ1v) is 13.7. The number of amides is 1. The van der Waals surface area contributed by atoms with Gasteiger partial charge in [0.2, 0.25) is 5.91 Å². The van der Waals surface area contributed by atoms with Crippen molar-refractivity contribution in [2.24, 2.45) is 0 Å². The highest BCUT2D eigenvalue weighted by atomic mass is 32.1. The van der Waals surface area contributed by atoms with Gasteiger partial charge in [-0.05, 0) is 68.7 Å². The Kier molecular flexibility index (Phi) is 10.5. The van der Waals surface area contributed by atoms with Crippen molar-refractivity contribution in [3.63, 3.8) is 0 Å². The van der Waals surface area contributed by atoms with E-state index in [0.717, 1.165) is 11.6 Å². The number of nitriles is 1. The number of hydrogen-bond acceptors (Lipinski definition) is 4. The first-order valence-electron chi connectivity index (χ1n) is 13.3. The number of aromatic nitrogens is 2. The molecule has 7 nitrogen and oxygen atoms in total. The second-order valence-corrected chi connectivity index (χ2v) is 11.3. The maximum absolute atomic E-state index is 13.7. The molecule has 0 spiro atoms. The number of halogens is 3. The van der Waals surface area contributed by atoms with Crippen molar-refractivity contribution in [1.29, 1.82) is 5.26 Å². The molecule has 0 aliphatic carbocycles. The van der Waals surface area contributed by atoms with Gasteiger partial charge < -0.3 is 20.1 Å². The molecule has 11 heteroatoms. The number of imidazole rings is 1. The molecular formula is C30H35F3N6OS. The molecule has 2 aromatic carbocycles. The van der Waals surface area contributed by atoms with E-state index in [1.165, 1.54) is 12.1 Å². The van der Waals surface area contributed by atoms with Crippen LogP contribution in [0.4, 0.5) is 13.2 Å². The van der Waals surface area contributed by atoms with Crippen LogP contribution in [0.3, 0.4) is 0 Å². The number of thiocarbonyl (C=S) groups is 1. The summed E-state index contributed by atoms with van der Waals surface area (Å²) in [6, 6.07) is 14.4. The molecule has 0 unspecified atom stereocenters. The van der Waals surface area contributed by atoms with Crippen molar-refractivity contribution in [2.45, 2.75) is 71.4 Å². The normalized spacial score (nSPS) is 12.3. The molecule has 1 aromatic heterocycles. The van der Waals surface area contributed by atoms with Crippen LogP contribution >= 0.6 is 12.2 Å². The molecule has 0 aliphatic heterocycles. The van der Waals surface area contributed by atoms with Gasteiger partial charge in [0.15, 0.2) is 5.11 Å². The van der Waals surface area contributed by atoms with Crippen LogP contribution in [-0.4, -0.2) is 43.6 Å². The summed E-state index contributed by atoms with van der Waals surface area (Å²) in [4.78, 5) is 19.0. The summed E-state index contributed by atoms with van der Waals surface area (Å²) in [5.41, 5.74) is 1.23. The van der Waals surface area contributed by atoms with Crippen molar-refractivity contribution in [1.82, 2.24) is 25.1 Å². The molecule has 0 bridgehead atoms. The lowest BCUT2D eigenvalue weighted by molar-refractivity contribution is -0.138. The summed E-state index contributed by atoms with van der Waals surface area (Å²) in [6.45, 7) is 8.30. The Bertz CT molecular complexity index is 1370. The van der Waals surface area contributed by atoms with Crippen LogP contribution in [0.5, 0.6) is 0 Å². The van der Waals surface area contributed by atoms with Crippen LogP contribution in [-0.2, 0) is 30.5 Å². The van der Waals surface area contributed by atoms with Crippen molar-refractivity contribution < 1.29 is 18.0 Å². The number of alkyl halides is 3. The molecule has 3 aromatic rings. The fourth-order valence-corrected chi connectivity index (χ4v) is 4.71. The summed E-state index contributed by atoms with van der Waals surface area (Å²) >= 11 is 5.62. The number of carbonyl (C=O) groups is 1. The zero-order valence-corrected chi connectivity index (χ0v) is 24.4. The largest absolute Gasteiger partial charge is 0.416 e. The number of carbonyl (C=O) groups excluding carboxylic acids is 1. The monoisotopic (exact) mass is 584 g/mol. The predicted molar refractivity (Wildman–Crippen MR) is 156 cm³/mol. The van der Waals surface area contributed by atoms with Gasteiger partial charge in [-0.3, -0.25) is 4.79 Å². The number of rotatable bonds is 10. The summed E-state index contributed by atoms with van der Waals surface area (Å²) in [7, 11) is 0. The second kappa shape index (κ2) is 13.6. The first-order chi connectivity index (χ1) is 19.3. The lowest BCUT2D eigenvalue weighted by Gasteiger charge is -2.34. The van der Waals surface area contributed by atoms with Gasteiger partial charge in [-0.25, -0.2) is 4.98 Å². The minimum Gasteiger partial charge on any atom is -0.358 e. The lowest BCUT2D eigenvalue weighted by atomic mass is 10.1.